The number of rotatable bonds is 5. The Morgan fingerprint density at radius 2 is 1.88 bits per heavy atom. The summed E-state index contributed by atoms with van der Waals surface area (Å²) in [6.45, 7) is 1.79. The molecule has 5 heteroatoms. The smallest absolute Gasteiger partial charge is 0.312 e. The molecule has 0 saturated heterocycles. The van der Waals surface area contributed by atoms with Crippen molar-refractivity contribution in [2.45, 2.75) is 51.5 Å². The minimum atomic E-state index is -0.283. The maximum Gasteiger partial charge on any atom is 0.312 e. The van der Waals surface area contributed by atoms with Crippen LogP contribution in [0.5, 0.6) is 0 Å². The van der Waals surface area contributed by atoms with Crippen LogP contribution in [0.25, 0.3) is 0 Å². The first-order valence-corrected chi connectivity index (χ1v) is 9.92. The minimum absolute atomic E-state index is 0.0456. The van der Waals surface area contributed by atoms with Crippen LogP contribution in [0.15, 0.2) is 17.5 Å². The molecule has 4 aliphatic rings. The van der Waals surface area contributed by atoms with Crippen LogP contribution in [-0.4, -0.2) is 18.5 Å². The summed E-state index contributed by atoms with van der Waals surface area (Å²) in [5.41, 5.74) is -0.283. The van der Waals surface area contributed by atoms with E-state index in [1.54, 1.807) is 11.3 Å². The molecule has 4 aliphatic carbocycles. The summed E-state index contributed by atoms with van der Waals surface area (Å²) in [5, 5.41) is 4.90. The topological polar surface area (TPSA) is 55.4 Å². The third-order valence-corrected chi connectivity index (χ3v) is 7.21. The first-order valence-electron chi connectivity index (χ1n) is 9.04. The number of nitrogens with one attached hydrogen (secondary N) is 1. The van der Waals surface area contributed by atoms with Gasteiger partial charge in [-0.2, -0.15) is 0 Å². The minimum Gasteiger partial charge on any atom is -0.455 e. The first kappa shape index (κ1) is 16.1. The third-order valence-electron chi connectivity index (χ3n) is 6.15. The highest BCUT2D eigenvalue weighted by molar-refractivity contribution is 7.10. The summed E-state index contributed by atoms with van der Waals surface area (Å²) in [4.78, 5) is 25.9. The zero-order valence-corrected chi connectivity index (χ0v) is 14.9. The number of carbonyl (C=O) groups excluding carboxylic acids is 2. The Labute approximate surface area is 147 Å². The normalized spacial score (nSPS) is 34.8. The zero-order valence-electron chi connectivity index (χ0n) is 14.1. The molecule has 1 heterocycles. The fourth-order valence-corrected chi connectivity index (χ4v) is 6.27. The van der Waals surface area contributed by atoms with Crippen molar-refractivity contribution in [3.63, 3.8) is 0 Å². The van der Waals surface area contributed by atoms with E-state index in [9.17, 15) is 9.59 Å². The van der Waals surface area contributed by atoms with Crippen molar-refractivity contribution >= 4 is 23.2 Å². The number of esters is 1. The molecule has 0 radical (unpaired) electrons. The van der Waals surface area contributed by atoms with E-state index < -0.39 is 0 Å². The summed E-state index contributed by atoms with van der Waals surface area (Å²) in [6, 6.07) is 3.92. The summed E-state index contributed by atoms with van der Waals surface area (Å²) in [5.74, 6) is 1.78. The van der Waals surface area contributed by atoms with Gasteiger partial charge in [-0.05, 0) is 74.6 Å². The molecule has 0 aliphatic heterocycles. The van der Waals surface area contributed by atoms with Crippen molar-refractivity contribution in [2.75, 3.05) is 6.61 Å². The number of ether oxygens (including phenoxy) is 1. The van der Waals surface area contributed by atoms with E-state index >= 15 is 0 Å². The first-order chi connectivity index (χ1) is 11.5. The average molecular weight is 347 g/mol. The van der Waals surface area contributed by atoms with Gasteiger partial charge in [0.1, 0.15) is 0 Å². The van der Waals surface area contributed by atoms with E-state index in [4.69, 9.17) is 4.74 Å². The van der Waals surface area contributed by atoms with E-state index in [1.807, 2.05) is 24.4 Å². The van der Waals surface area contributed by atoms with Crippen LogP contribution in [0, 0.1) is 23.2 Å². The van der Waals surface area contributed by atoms with E-state index in [2.05, 4.69) is 5.32 Å². The lowest BCUT2D eigenvalue weighted by Crippen LogP contribution is -2.51. The maximum atomic E-state index is 12.7. The molecule has 1 atom stereocenters. The molecule has 1 N–H and O–H groups in total. The van der Waals surface area contributed by atoms with Crippen molar-refractivity contribution in [3.8, 4) is 0 Å². The van der Waals surface area contributed by atoms with Gasteiger partial charge in [0, 0.05) is 4.88 Å². The fraction of sp³-hybridized carbons (Fsp3) is 0.684. The molecule has 1 amide bonds. The number of thiophene rings is 1. The molecule has 1 aromatic heterocycles. The van der Waals surface area contributed by atoms with Crippen molar-refractivity contribution in [3.05, 3.63) is 22.4 Å². The maximum absolute atomic E-state index is 12.7. The van der Waals surface area contributed by atoms with Gasteiger partial charge in [-0.15, -0.1) is 11.3 Å². The second kappa shape index (κ2) is 6.17. The second-order valence-corrected chi connectivity index (χ2v) is 9.06. The Morgan fingerprint density at radius 3 is 2.42 bits per heavy atom. The van der Waals surface area contributed by atoms with Gasteiger partial charge in [-0.25, -0.2) is 0 Å². The largest absolute Gasteiger partial charge is 0.455 e. The Balaban J connectivity index is 1.31. The molecule has 0 spiro atoms. The molecule has 0 aromatic carbocycles. The van der Waals surface area contributed by atoms with Gasteiger partial charge in [0.15, 0.2) is 6.61 Å². The van der Waals surface area contributed by atoms with Crippen LogP contribution in [0.3, 0.4) is 0 Å². The van der Waals surface area contributed by atoms with Crippen LogP contribution < -0.4 is 5.32 Å². The monoisotopic (exact) mass is 347 g/mol. The number of hydrogen-bond donors (Lipinski definition) is 1. The molecule has 4 fully saturated rings. The van der Waals surface area contributed by atoms with E-state index in [1.165, 1.54) is 19.3 Å². The lowest BCUT2D eigenvalue weighted by Gasteiger charge is -2.55. The molecular formula is C19H25NO3S. The lowest BCUT2D eigenvalue weighted by molar-refractivity contribution is -0.173. The van der Waals surface area contributed by atoms with Gasteiger partial charge in [-0.3, -0.25) is 9.59 Å². The Kier molecular flexibility index (Phi) is 4.15. The standard InChI is InChI=1S/C19H25NO3S/c1-12(16-3-2-4-24-16)20-17(21)11-23-18(22)19-8-13-5-14(9-19)7-15(6-13)10-19/h2-4,12-15H,5-11H2,1H3,(H,20,21)/t12-,13?,14?,15?,19?/m0/s1. The van der Waals surface area contributed by atoms with E-state index in [0.717, 1.165) is 24.1 Å². The molecule has 4 saturated carbocycles. The molecule has 130 valence electrons. The molecule has 24 heavy (non-hydrogen) atoms. The van der Waals surface area contributed by atoms with Crippen LogP contribution in [-0.2, 0) is 14.3 Å². The van der Waals surface area contributed by atoms with Crippen LogP contribution in [0.4, 0.5) is 0 Å². The van der Waals surface area contributed by atoms with Gasteiger partial charge in [0.25, 0.3) is 5.91 Å². The number of carbonyl (C=O) groups is 2. The predicted octanol–water partition coefficient (Wildman–Crippen LogP) is 3.68. The van der Waals surface area contributed by atoms with Crippen LogP contribution in [0.1, 0.15) is 56.4 Å². The summed E-state index contributed by atoms with van der Waals surface area (Å²) >= 11 is 1.61. The second-order valence-electron chi connectivity index (χ2n) is 8.08. The van der Waals surface area contributed by atoms with Gasteiger partial charge in [0.05, 0.1) is 11.5 Å². The van der Waals surface area contributed by atoms with Gasteiger partial charge in [0.2, 0.25) is 0 Å². The SMILES string of the molecule is C[C@H](NC(=O)COC(=O)C12CC3CC(CC(C3)C1)C2)c1cccs1. The summed E-state index contributed by atoms with van der Waals surface area (Å²) in [7, 11) is 0. The number of amides is 1. The molecule has 0 unspecified atom stereocenters. The van der Waals surface area contributed by atoms with Crippen molar-refractivity contribution in [1.82, 2.24) is 5.32 Å². The Hall–Kier alpha value is -1.36. The van der Waals surface area contributed by atoms with Crippen molar-refractivity contribution in [2.24, 2.45) is 23.2 Å². The quantitative estimate of drug-likeness (QED) is 0.827. The molecule has 4 nitrogen and oxygen atoms in total. The zero-order chi connectivity index (χ0) is 16.7. The van der Waals surface area contributed by atoms with Crippen LogP contribution in [0.2, 0.25) is 0 Å². The highest BCUT2D eigenvalue weighted by Gasteiger charge is 2.55. The summed E-state index contributed by atoms with van der Waals surface area (Å²) in [6.07, 6.45) is 6.82. The molecule has 4 bridgehead atoms. The highest BCUT2D eigenvalue weighted by atomic mass is 32.1. The van der Waals surface area contributed by atoms with Crippen molar-refractivity contribution < 1.29 is 14.3 Å². The van der Waals surface area contributed by atoms with Gasteiger partial charge < -0.3 is 10.1 Å². The molecule has 1 aromatic rings. The molecular weight excluding hydrogens is 322 g/mol. The Bertz CT molecular complexity index is 589. The number of hydrogen-bond acceptors (Lipinski definition) is 4. The third kappa shape index (κ3) is 2.99. The average Bonchev–Trinajstić information content (AvgIpc) is 3.05. The fourth-order valence-electron chi connectivity index (χ4n) is 5.54. The van der Waals surface area contributed by atoms with Crippen LogP contribution >= 0.6 is 11.3 Å². The van der Waals surface area contributed by atoms with Gasteiger partial charge in [-0.1, -0.05) is 6.07 Å². The van der Waals surface area contributed by atoms with E-state index in [-0.39, 0.29) is 29.9 Å². The Morgan fingerprint density at radius 1 is 1.25 bits per heavy atom. The van der Waals surface area contributed by atoms with Crippen molar-refractivity contribution in [1.29, 1.82) is 0 Å². The predicted molar refractivity (Wildman–Crippen MR) is 92.4 cm³/mol. The van der Waals surface area contributed by atoms with Gasteiger partial charge >= 0.3 is 5.97 Å². The molecule has 5 rings (SSSR count). The van der Waals surface area contributed by atoms with E-state index in [0.29, 0.717) is 17.8 Å². The lowest BCUT2D eigenvalue weighted by atomic mass is 9.49. The highest BCUT2D eigenvalue weighted by Crippen LogP contribution is 2.60. The summed E-state index contributed by atoms with van der Waals surface area (Å²) < 4.78 is 5.46.